The summed E-state index contributed by atoms with van der Waals surface area (Å²) in [6.07, 6.45) is 14.5. The summed E-state index contributed by atoms with van der Waals surface area (Å²) < 4.78 is 23.6. The van der Waals surface area contributed by atoms with Crippen LogP contribution in [0.15, 0.2) is 47.6 Å². The summed E-state index contributed by atoms with van der Waals surface area (Å²) in [6, 6.07) is 0. The van der Waals surface area contributed by atoms with E-state index in [2.05, 4.69) is 24.3 Å². The molecule has 2 aliphatic rings. The highest BCUT2D eigenvalue weighted by Gasteiger charge is 2.49. The highest BCUT2D eigenvalue weighted by molar-refractivity contribution is 5.77. The number of fused-ring (bicyclic) bond motifs is 2. The van der Waals surface area contributed by atoms with Crippen LogP contribution < -0.4 is 0 Å². The van der Waals surface area contributed by atoms with Crippen LogP contribution in [0.1, 0.15) is 80.6 Å². The Bertz CT molecular complexity index is 834. The van der Waals surface area contributed by atoms with E-state index < -0.39 is 23.4 Å². The molecule has 1 aliphatic heterocycles. The molecule has 0 spiro atoms. The summed E-state index contributed by atoms with van der Waals surface area (Å²) >= 11 is 0. The molecule has 0 saturated carbocycles. The van der Waals surface area contributed by atoms with Gasteiger partial charge in [-0.15, -0.1) is 0 Å². The first-order chi connectivity index (χ1) is 15.9. The monoisotopic (exact) mass is 474 g/mol. The molecule has 1 saturated heterocycles. The maximum atomic E-state index is 13.2. The molecular weight excluding hydrogens is 432 g/mol. The van der Waals surface area contributed by atoms with Gasteiger partial charge in [-0.3, -0.25) is 9.59 Å². The first-order valence-electron chi connectivity index (χ1n) is 12.3. The maximum absolute atomic E-state index is 13.2. The summed E-state index contributed by atoms with van der Waals surface area (Å²) in [5, 5.41) is 0. The molecule has 1 aliphatic carbocycles. The first kappa shape index (κ1) is 28.1. The molecule has 1 heterocycles. The molecule has 34 heavy (non-hydrogen) atoms. The lowest BCUT2D eigenvalue weighted by molar-refractivity contribution is -0.318. The van der Waals surface area contributed by atoms with E-state index in [0.717, 1.165) is 24.0 Å². The van der Waals surface area contributed by atoms with Gasteiger partial charge in [0.2, 0.25) is 0 Å². The van der Waals surface area contributed by atoms with Gasteiger partial charge in [-0.2, -0.15) is 0 Å². The molecule has 6 heteroatoms. The van der Waals surface area contributed by atoms with E-state index in [4.69, 9.17) is 18.9 Å². The lowest BCUT2D eigenvalue weighted by Gasteiger charge is -2.46. The quantitative estimate of drug-likeness (QED) is 0.469. The summed E-state index contributed by atoms with van der Waals surface area (Å²) in [5.41, 5.74) is 1.32. The maximum Gasteiger partial charge on any atom is 0.314 e. The molecule has 0 amide bonds. The Morgan fingerprint density at radius 1 is 1.03 bits per heavy atom. The summed E-state index contributed by atoms with van der Waals surface area (Å²) in [7, 11) is 0. The largest absolute Gasteiger partial charge is 0.465 e. The second-order valence-corrected chi connectivity index (χ2v) is 9.94. The Balaban J connectivity index is 2.47. The van der Waals surface area contributed by atoms with Crippen LogP contribution in [0.5, 0.6) is 0 Å². The van der Waals surface area contributed by atoms with Crippen LogP contribution in [-0.2, 0) is 28.5 Å². The molecular formula is C28H42O6. The van der Waals surface area contributed by atoms with Crippen LogP contribution in [0.25, 0.3) is 0 Å². The average Bonchev–Trinajstić information content (AvgIpc) is 2.73. The Morgan fingerprint density at radius 3 is 2.41 bits per heavy atom. The van der Waals surface area contributed by atoms with Gasteiger partial charge in [0.1, 0.15) is 6.10 Å². The van der Waals surface area contributed by atoms with Crippen LogP contribution in [0.4, 0.5) is 0 Å². The Labute approximate surface area is 205 Å². The van der Waals surface area contributed by atoms with Gasteiger partial charge in [-0.1, -0.05) is 41.5 Å². The van der Waals surface area contributed by atoms with Crippen LogP contribution in [-0.4, -0.2) is 42.6 Å². The first-order valence-corrected chi connectivity index (χ1v) is 12.3. The fourth-order valence-electron chi connectivity index (χ4n) is 4.37. The van der Waals surface area contributed by atoms with Gasteiger partial charge in [-0.25, -0.2) is 0 Å². The predicted molar refractivity (Wildman–Crippen MR) is 133 cm³/mol. The Hall–Kier alpha value is -2.18. The van der Waals surface area contributed by atoms with Crippen molar-refractivity contribution in [2.75, 3.05) is 6.61 Å². The molecule has 1 fully saturated rings. The van der Waals surface area contributed by atoms with Gasteiger partial charge in [0.05, 0.1) is 24.2 Å². The number of hydrogen-bond donors (Lipinski definition) is 0. The second kappa shape index (κ2) is 12.5. The van der Waals surface area contributed by atoms with E-state index in [1.807, 2.05) is 53.7 Å². The normalized spacial score (nSPS) is 35.4. The number of carbonyl (C=O) groups excluding carboxylic acids is 2. The molecule has 4 atom stereocenters. The van der Waals surface area contributed by atoms with Crippen molar-refractivity contribution < 1.29 is 28.5 Å². The zero-order valence-electron chi connectivity index (χ0n) is 21.9. The standard InChI is InChI=1S/C28H42O6/c1-8-31-26(30)28(7)17-16-21(3)13-11-9-10-12-20(2)14-15-23(32-22(4)29)18-24-19-25(28)34-27(5,6)33-24/h11-16,23-25H,8-10,17-19H2,1-7H3/b13-11+,15-14+,20-12+,21-16+/t23-,24-,25-,28-/m1/s1. The Kier molecular flexibility index (Phi) is 10.3. The number of carbonyl (C=O) groups is 2. The van der Waals surface area contributed by atoms with E-state index >= 15 is 0 Å². The number of esters is 2. The number of allylic oxidation sites excluding steroid dienone is 7. The average molecular weight is 475 g/mol. The number of ether oxygens (including phenoxy) is 4. The number of hydrogen-bond acceptors (Lipinski definition) is 6. The van der Waals surface area contributed by atoms with E-state index in [9.17, 15) is 9.59 Å². The lowest BCUT2D eigenvalue weighted by Crippen LogP contribution is -2.54. The van der Waals surface area contributed by atoms with Gasteiger partial charge in [0.15, 0.2) is 5.79 Å². The molecule has 190 valence electrons. The fourth-order valence-corrected chi connectivity index (χ4v) is 4.37. The minimum atomic E-state index is -0.900. The SMILES string of the molecule is CCOC(=O)[C@]1(C)C/C=C(C)/C=C/CC/C=C(C)/C=C/[C@@H](OC(C)=O)C[C@@H]2C[C@H]1OC(C)(C)O2. The molecule has 0 aromatic heterocycles. The molecule has 0 aromatic carbocycles. The van der Waals surface area contributed by atoms with Crippen molar-refractivity contribution >= 4 is 11.9 Å². The van der Waals surface area contributed by atoms with Crippen molar-refractivity contribution in [3.63, 3.8) is 0 Å². The topological polar surface area (TPSA) is 71.1 Å². The van der Waals surface area contributed by atoms with Crippen LogP contribution in [0.2, 0.25) is 0 Å². The van der Waals surface area contributed by atoms with E-state index in [1.54, 1.807) is 0 Å². The van der Waals surface area contributed by atoms with Crippen molar-refractivity contribution in [2.45, 2.75) is 105 Å². The molecule has 2 rings (SSSR count). The van der Waals surface area contributed by atoms with Crippen LogP contribution in [0.3, 0.4) is 0 Å². The second-order valence-electron chi connectivity index (χ2n) is 9.94. The van der Waals surface area contributed by atoms with Crippen LogP contribution >= 0.6 is 0 Å². The molecule has 2 bridgehead atoms. The zero-order chi connectivity index (χ0) is 25.4. The minimum Gasteiger partial charge on any atom is -0.465 e. The van der Waals surface area contributed by atoms with Crippen molar-refractivity contribution in [3.05, 3.63) is 47.6 Å². The van der Waals surface area contributed by atoms with E-state index in [-0.39, 0.29) is 18.0 Å². The number of rotatable bonds is 3. The third-order valence-electron chi connectivity index (χ3n) is 6.22. The summed E-state index contributed by atoms with van der Waals surface area (Å²) in [5.74, 6) is -1.52. The fraction of sp³-hybridized carbons (Fsp3) is 0.643. The van der Waals surface area contributed by atoms with Crippen molar-refractivity contribution in [2.24, 2.45) is 5.41 Å². The molecule has 6 nitrogen and oxygen atoms in total. The summed E-state index contributed by atoms with van der Waals surface area (Å²) in [6.45, 7) is 13.2. The van der Waals surface area contributed by atoms with Gasteiger partial charge < -0.3 is 18.9 Å². The highest BCUT2D eigenvalue weighted by Crippen LogP contribution is 2.41. The van der Waals surface area contributed by atoms with Crippen LogP contribution in [0, 0.1) is 5.41 Å². The van der Waals surface area contributed by atoms with Crippen molar-refractivity contribution in [1.82, 2.24) is 0 Å². The minimum absolute atomic E-state index is 0.263. The third-order valence-corrected chi connectivity index (χ3v) is 6.22. The van der Waals surface area contributed by atoms with Gasteiger partial charge in [-0.05, 0) is 66.9 Å². The van der Waals surface area contributed by atoms with E-state index in [1.165, 1.54) is 6.92 Å². The highest BCUT2D eigenvalue weighted by atomic mass is 16.7. The molecule has 0 aromatic rings. The molecule has 0 unspecified atom stereocenters. The zero-order valence-corrected chi connectivity index (χ0v) is 21.9. The molecule has 0 N–H and O–H groups in total. The van der Waals surface area contributed by atoms with Crippen molar-refractivity contribution in [1.29, 1.82) is 0 Å². The smallest absolute Gasteiger partial charge is 0.314 e. The van der Waals surface area contributed by atoms with Gasteiger partial charge in [0, 0.05) is 19.8 Å². The molecule has 0 radical (unpaired) electrons. The third kappa shape index (κ3) is 8.55. The van der Waals surface area contributed by atoms with Gasteiger partial charge in [0.25, 0.3) is 0 Å². The van der Waals surface area contributed by atoms with E-state index in [0.29, 0.717) is 25.9 Å². The van der Waals surface area contributed by atoms with Gasteiger partial charge >= 0.3 is 11.9 Å². The predicted octanol–water partition coefficient (Wildman–Crippen LogP) is 5.98. The van der Waals surface area contributed by atoms with Crippen molar-refractivity contribution in [3.8, 4) is 0 Å². The Morgan fingerprint density at radius 2 is 1.74 bits per heavy atom. The summed E-state index contributed by atoms with van der Waals surface area (Å²) in [4.78, 5) is 25.0. The lowest BCUT2D eigenvalue weighted by atomic mass is 9.76.